The molecule has 0 spiro atoms. The zero-order valence-corrected chi connectivity index (χ0v) is 11.2. The lowest BCUT2D eigenvalue weighted by Crippen LogP contribution is -2.28. The zero-order chi connectivity index (χ0) is 11.4. The molecular formula is C15H29N. The molecule has 2 rings (SSSR count). The van der Waals surface area contributed by atoms with Crippen LogP contribution in [0.25, 0.3) is 0 Å². The van der Waals surface area contributed by atoms with E-state index in [4.69, 9.17) is 0 Å². The molecule has 0 aromatic heterocycles. The first-order chi connectivity index (χ1) is 7.79. The fourth-order valence-corrected chi connectivity index (χ4v) is 3.89. The van der Waals surface area contributed by atoms with E-state index in [9.17, 15) is 0 Å². The summed E-state index contributed by atoms with van der Waals surface area (Å²) in [6.07, 6.45) is 11.7. The van der Waals surface area contributed by atoms with Crippen molar-refractivity contribution < 1.29 is 0 Å². The second-order valence-electron chi connectivity index (χ2n) is 6.26. The number of hydrogen-bond donors (Lipinski definition) is 1. The van der Waals surface area contributed by atoms with Crippen LogP contribution in [0.4, 0.5) is 0 Å². The number of rotatable bonds is 4. The molecule has 16 heavy (non-hydrogen) atoms. The third kappa shape index (κ3) is 3.23. The fraction of sp³-hybridized carbons (Fsp3) is 1.00. The number of nitrogens with one attached hydrogen (secondary N) is 1. The molecule has 0 heterocycles. The first-order valence-corrected chi connectivity index (χ1v) is 7.53. The molecule has 2 fully saturated rings. The number of hydrogen-bond acceptors (Lipinski definition) is 1. The quantitative estimate of drug-likeness (QED) is 0.760. The predicted octanol–water partition coefficient (Wildman–Crippen LogP) is 3.98. The van der Waals surface area contributed by atoms with Gasteiger partial charge in [-0.25, -0.2) is 0 Å². The average Bonchev–Trinajstić information content (AvgIpc) is 2.75. The Hall–Kier alpha value is -0.0400. The van der Waals surface area contributed by atoms with E-state index in [0.717, 1.165) is 23.8 Å². The highest BCUT2D eigenvalue weighted by Gasteiger charge is 2.32. The van der Waals surface area contributed by atoms with Crippen LogP contribution in [-0.2, 0) is 0 Å². The maximum Gasteiger partial charge on any atom is 0.00699 e. The van der Waals surface area contributed by atoms with Crippen molar-refractivity contribution in [2.45, 2.75) is 71.3 Å². The third-order valence-electron chi connectivity index (χ3n) is 4.80. The van der Waals surface area contributed by atoms with Crippen LogP contribution >= 0.6 is 0 Å². The summed E-state index contributed by atoms with van der Waals surface area (Å²) >= 11 is 0. The van der Waals surface area contributed by atoms with Crippen molar-refractivity contribution in [3.05, 3.63) is 0 Å². The summed E-state index contributed by atoms with van der Waals surface area (Å²) in [4.78, 5) is 0. The largest absolute Gasteiger partial charge is 0.314 e. The van der Waals surface area contributed by atoms with E-state index in [-0.39, 0.29) is 0 Å². The fourth-order valence-electron chi connectivity index (χ4n) is 3.89. The molecule has 1 heteroatoms. The standard InChI is InChI=1S/C15H29N/c1-3-9-16-15-8-7-14(11-15)13-6-4-5-12(2)10-13/h12-16H,3-11H2,1-2H3. The highest BCUT2D eigenvalue weighted by molar-refractivity contribution is 4.86. The molecule has 4 unspecified atom stereocenters. The topological polar surface area (TPSA) is 12.0 Å². The Morgan fingerprint density at radius 3 is 2.56 bits per heavy atom. The summed E-state index contributed by atoms with van der Waals surface area (Å²) in [6.45, 7) is 5.94. The Morgan fingerprint density at radius 1 is 1.00 bits per heavy atom. The minimum absolute atomic E-state index is 0.849. The average molecular weight is 223 g/mol. The van der Waals surface area contributed by atoms with Crippen molar-refractivity contribution in [1.82, 2.24) is 5.32 Å². The molecule has 0 aliphatic heterocycles. The van der Waals surface area contributed by atoms with Crippen molar-refractivity contribution >= 4 is 0 Å². The van der Waals surface area contributed by atoms with Gasteiger partial charge in [-0.1, -0.05) is 33.1 Å². The highest BCUT2D eigenvalue weighted by atomic mass is 14.9. The zero-order valence-electron chi connectivity index (χ0n) is 11.2. The molecule has 1 nitrogen and oxygen atoms in total. The van der Waals surface area contributed by atoms with Gasteiger partial charge in [0.1, 0.15) is 0 Å². The Kier molecular flexibility index (Phi) is 4.69. The van der Waals surface area contributed by atoms with Crippen LogP contribution in [-0.4, -0.2) is 12.6 Å². The molecule has 0 aromatic rings. The van der Waals surface area contributed by atoms with Gasteiger partial charge in [-0.05, 0) is 56.4 Å². The van der Waals surface area contributed by atoms with Crippen molar-refractivity contribution in [3.63, 3.8) is 0 Å². The molecule has 0 radical (unpaired) electrons. The van der Waals surface area contributed by atoms with Crippen LogP contribution in [0, 0.1) is 17.8 Å². The molecule has 0 saturated heterocycles. The Morgan fingerprint density at radius 2 is 1.81 bits per heavy atom. The highest BCUT2D eigenvalue weighted by Crippen LogP contribution is 2.41. The van der Waals surface area contributed by atoms with Gasteiger partial charge in [0.25, 0.3) is 0 Å². The van der Waals surface area contributed by atoms with E-state index in [1.54, 1.807) is 0 Å². The summed E-state index contributed by atoms with van der Waals surface area (Å²) in [5.74, 6) is 3.12. The molecule has 0 bridgehead atoms. The van der Waals surface area contributed by atoms with E-state index in [0.29, 0.717) is 0 Å². The van der Waals surface area contributed by atoms with Gasteiger partial charge in [-0.3, -0.25) is 0 Å². The van der Waals surface area contributed by atoms with Gasteiger partial charge in [0.2, 0.25) is 0 Å². The molecule has 0 amide bonds. The van der Waals surface area contributed by atoms with Gasteiger partial charge >= 0.3 is 0 Å². The molecule has 0 aromatic carbocycles. The van der Waals surface area contributed by atoms with Gasteiger partial charge in [0.05, 0.1) is 0 Å². The molecule has 2 saturated carbocycles. The smallest absolute Gasteiger partial charge is 0.00699 e. The summed E-state index contributed by atoms with van der Waals surface area (Å²) in [5, 5.41) is 3.71. The molecule has 1 N–H and O–H groups in total. The summed E-state index contributed by atoms with van der Waals surface area (Å²) in [6, 6.07) is 0.849. The first-order valence-electron chi connectivity index (χ1n) is 7.53. The Bertz CT molecular complexity index is 202. The minimum Gasteiger partial charge on any atom is -0.314 e. The molecular weight excluding hydrogens is 194 g/mol. The van der Waals surface area contributed by atoms with Crippen LogP contribution in [0.15, 0.2) is 0 Å². The van der Waals surface area contributed by atoms with E-state index < -0.39 is 0 Å². The van der Waals surface area contributed by atoms with Crippen LogP contribution in [0.3, 0.4) is 0 Å². The van der Waals surface area contributed by atoms with E-state index in [1.807, 2.05) is 0 Å². The molecule has 4 atom stereocenters. The molecule has 2 aliphatic carbocycles. The van der Waals surface area contributed by atoms with E-state index in [1.165, 1.54) is 57.9 Å². The normalized spacial score (nSPS) is 40.1. The Balaban J connectivity index is 1.74. The SMILES string of the molecule is CCCNC1CCC(C2CCCC(C)C2)C1. The van der Waals surface area contributed by atoms with Gasteiger partial charge in [0.15, 0.2) is 0 Å². The lowest BCUT2D eigenvalue weighted by atomic mass is 9.75. The van der Waals surface area contributed by atoms with Crippen LogP contribution in [0.5, 0.6) is 0 Å². The summed E-state index contributed by atoms with van der Waals surface area (Å²) in [5.41, 5.74) is 0. The van der Waals surface area contributed by atoms with Crippen LogP contribution in [0.1, 0.15) is 65.2 Å². The summed E-state index contributed by atoms with van der Waals surface area (Å²) < 4.78 is 0. The second kappa shape index (κ2) is 6.05. The minimum atomic E-state index is 0.849. The second-order valence-corrected chi connectivity index (χ2v) is 6.26. The third-order valence-corrected chi connectivity index (χ3v) is 4.80. The van der Waals surface area contributed by atoms with Gasteiger partial charge in [-0.15, -0.1) is 0 Å². The predicted molar refractivity (Wildman–Crippen MR) is 70.5 cm³/mol. The lowest BCUT2D eigenvalue weighted by Gasteiger charge is -2.31. The van der Waals surface area contributed by atoms with Gasteiger partial charge < -0.3 is 5.32 Å². The maximum absolute atomic E-state index is 3.71. The van der Waals surface area contributed by atoms with Gasteiger partial charge in [-0.2, -0.15) is 0 Å². The lowest BCUT2D eigenvalue weighted by molar-refractivity contribution is 0.204. The molecule has 94 valence electrons. The van der Waals surface area contributed by atoms with Crippen molar-refractivity contribution in [1.29, 1.82) is 0 Å². The Labute approximate surface area is 101 Å². The van der Waals surface area contributed by atoms with Crippen molar-refractivity contribution in [2.75, 3.05) is 6.54 Å². The molecule has 2 aliphatic rings. The maximum atomic E-state index is 3.71. The van der Waals surface area contributed by atoms with E-state index >= 15 is 0 Å². The van der Waals surface area contributed by atoms with Crippen LogP contribution < -0.4 is 5.32 Å². The van der Waals surface area contributed by atoms with Crippen LogP contribution in [0.2, 0.25) is 0 Å². The van der Waals surface area contributed by atoms with Crippen molar-refractivity contribution in [3.8, 4) is 0 Å². The van der Waals surface area contributed by atoms with Gasteiger partial charge in [0, 0.05) is 6.04 Å². The van der Waals surface area contributed by atoms with Crippen molar-refractivity contribution in [2.24, 2.45) is 17.8 Å². The first kappa shape index (κ1) is 12.4. The summed E-state index contributed by atoms with van der Waals surface area (Å²) in [7, 11) is 0. The van der Waals surface area contributed by atoms with E-state index in [2.05, 4.69) is 19.2 Å². The monoisotopic (exact) mass is 223 g/mol.